The number of benzene rings is 1. The highest BCUT2D eigenvalue weighted by atomic mass is 19.1. The Morgan fingerprint density at radius 3 is 2.23 bits per heavy atom. The van der Waals surface area contributed by atoms with Crippen molar-refractivity contribution in [3.8, 4) is 11.8 Å². The smallest absolute Gasteiger partial charge is 0.123 e. The zero-order chi connectivity index (χ0) is 9.90. The minimum Gasteiger partial charge on any atom is -0.378 e. The van der Waals surface area contributed by atoms with Gasteiger partial charge in [0.25, 0.3) is 0 Å². The van der Waals surface area contributed by atoms with Crippen molar-refractivity contribution in [2.45, 2.75) is 19.4 Å². The van der Waals surface area contributed by atoms with Gasteiger partial charge in [-0.15, -0.1) is 0 Å². The molecule has 1 rings (SSSR count). The predicted octanol–water partition coefficient (Wildman–Crippen LogP) is 1.95. The summed E-state index contributed by atoms with van der Waals surface area (Å²) in [5.41, 5.74) is -0.308. The molecule has 0 amide bonds. The first-order valence-corrected chi connectivity index (χ1v) is 3.98. The third-order valence-electron chi connectivity index (χ3n) is 1.36. The molecule has 0 fully saturated rings. The molecule has 0 aliphatic rings. The Morgan fingerprint density at radius 2 is 1.77 bits per heavy atom. The Kier molecular flexibility index (Phi) is 2.69. The first kappa shape index (κ1) is 9.76. The van der Waals surface area contributed by atoms with Crippen LogP contribution < -0.4 is 0 Å². The van der Waals surface area contributed by atoms with Gasteiger partial charge in [-0.05, 0) is 38.1 Å². The number of rotatable bonds is 0. The largest absolute Gasteiger partial charge is 0.378 e. The molecule has 1 aromatic rings. The standard InChI is InChI=1S/C11H11FO/c1-11(2,13)8-7-9-3-5-10(12)6-4-9/h3-6,13H,1-2H3. The molecule has 0 aliphatic heterocycles. The Labute approximate surface area is 77.2 Å². The highest BCUT2D eigenvalue weighted by molar-refractivity contribution is 5.35. The lowest BCUT2D eigenvalue weighted by Gasteiger charge is -2.05. The van der Waals surface area contributed by atoms with E-state index in [1.807, 2.05) is 0 Å². The minimum absolute atomic E-state index is 0.284. The molecular weight excluding hydrogens is 167 g/mol. The van der Waals surface area contributed by atoms with Crippen molar-refractivity contribution in [3.05, 3.63) is 35.6 Å². The Morgan fingerprint density at radius 1 is 1.23 bits per heavy atom. The molecule has 0 saturated carbocycles. The summed E-state index contributed by atoms with van der Waals surface area (Å²) < 4.78 is 12.5. The molecule has 0 aliphatic carbocycles. The van der Waals surface area contributed by atoms with Crippen LogP contribution in [0.3, 0.4) is 0 Å². The molecule has 1 nitrogen and oxygen atoms in total. The van der Waals surface area contributed by atoms with Gasteiger partial charge in [0.05, 0.1) is 0 Å². The summed E-state index contributed by atoms with van der Waals surface area (Å²) in [6, 6.07) is 5.84. The summed E-state index contributed by atoms with van der Waals surface area (Å²) in [5.74, 6) is 5.10. The number of halogens is 1. The fourth-order valence-electron chi connectivity index (χ4n) is 0.758. The van der Waals surface area contributed by atoms with E-state index >= 15 is 0 Å². The fraction of sp³-hybridized carbons (Fsp3) is 0.273. The molecule has 0 unspecified atom stereocenters. The van der Waals surface area contributed by atoms with Crippen molar-refractivity contribution in [3.63, 3.8) is 0 Å². The van der Waals surface area contributed by atoms with Crippen LogP contribution in [0.4, 0.5) is 4.39 Å². The summed E-state index contributed by atoms with van der Waals surface area (Å²) >= 11 is 0. The van der Waals surface area contributed by atoms with E-state index in [0.717, 1.165) is 0 Å². The molecule has 0 saturated heterocycles. The normalized spacial score (nSPS) is 10.5. The zero-order valence-electron chi connectivity index (χ0n) is 7.63. The third kappa shape index (κ3) is 3.73. The van der Waals surface area contributed by atoms with Gasteiger partial charge in [-0.3, -0.25) is 0 Å². The average Bonchev–Trinajstić information content (AvgIpc) is 2.02. The van der Waals surface area contributed by atoms with Gasteiger partial charge < -0.3 is 5.11 Å². The van der Waals surface area contributed by atoms with Gasteiger partial charge in [0, 0.05) is 5.56 Å². The maximum atomic E-state index is 12.5. The lowest BCUT2D eigenvalue weighted by molar-refractivity contribution is 0.143. The van der Waals surface area contributed by atoms with Gasteiger partial charge in [-0.1, -0.05) is 11.8 Å². The van der Waals surface area contributed by atoms with Crippen LogP contribution in [0.15, 0.2) is 24.3 Å². The van der Waals surface area contributed by atoms with E-state index in [9.17, 15) is 9.50 Å². The van der Waals surface area contributed by atoms with Gasteiger partial charge in [0.2, 0.25) is 0 Å². The minimum atomic E-state index is -1.01. The average molecular weight is 178 g/mol. The first-order chi connectivity index (χ1) is 5.97. The van der Waals surface area contributed by atoms with Gasteiger partial charge in [0.15, 0.2) is 0 Å². The molecule has 0 spiro atoms. The van der Waals surface area contributed by atoms with Crippen LogP contribution in [-0.4, -0.2) is 10.7 Å². The molecule has 1 aromatic carbocycles. The van der Waals surface area contributed by atoms with E-state index in [-0.39, 0.29) is 5.82 Å². The van der Waals surface area contributed by atoms with Gasteiger partial charge in [0.1, 0.15) is 11.4 Å². The van der Waals surface area contributed by atoms with Crippen molar-refractivity contribution < 1.29 is 9.50 Å². The maximum absolute atomic E-state index is 12.5. The van der Waals surface area contributed by atoms with Crippen molar-refractivity contribution in [2.75, 3.05) is 0 Å². The molecular formula is C11H11FO. The topological polar surface area (TPSA) is 20.2 Å². The monoisotopic (exact) mass is 178 g/mol. The van der Waals surface area contributed by atoms with Crippen LogP contribution in [0.1, 0.15) is 19.4 Å². The summed E-state index contributed by atoms with van der Waals surface area (Å²) in [4.78, 5) is 0. The molecule has 0 radical (unpaired) electrons. The molecule has 68 valence electrons. The molecule has 2 heteroatoms. The van der Waals surface area contributed by atoms with Crippen LogP contribution in [0, 0.1) is 17.7 Å². The highest BCUT2D eigenvalue weighted by Gasteiger charge is 2.05. The second-order valence-electron chi connectivity index (χ2n) is 3.32. The van der Waals surface area contributed by atoms with Crippen molar-refractivity contribution in [2.24, 2.45) is 0 Å². The second kappa shape index (κ2) is 3.59. The Hall–Kier alpha value is -1.33. The maximum Gasteiger partial charge on any atom is 0.123 e. The van der Waals surface area contributed by atoms with Crippen LogP contribution in [-0.2, 0) is 0 Å². The highest BCUT2D eigenvalue weighted by Crippen LogP contribution is 2.02. The van der Waals surface area contributed by atoms with Crippen LogP contribution in [0.2, 0.25) is 0 Å². The second-order valence-corrected chi connectivity index (χ2v) is 3.32. The van der Waals surface area contributed by atoms with Crippen molar-refractivity contribution in [1.29, 1.82) is 0 Å². The van der Waals surface area contributed by atoms with Crippen molar-refractivity contribution >= 4 is 0 Å². The van der Waals surface area contributed by atoms with E-state index in [1.165, 1.54) is 12.1 Å². The van der Waals surface area contributed by atoms with E-state index in [1.54, 1.807) is 26.0 Å². The Balaban J connectivity index is 2.85. The van der Waals surface area contributed by atoms with Gasteiger partial charge >= 0.3 is 0 Å². The van der Waals surface area contributed by atoms with E-state index in [0.29, 0.717) is 5.56 Å². The SMILES string of the molecule is CC(C)(O)C#Cc1ccc(F)cc1. The number of hydrogen-bond donors (Lipinski definition) is 1. The third-order valence-corrected chi connectivity index (χ3v) is 1.36. The number of aliphatic hydroxyl groups is 1. The lowest BCUT2D eigenvalue weighted by atomic mass is 10.1. The zero-order valence-corrected chi connectivity index (χ0v) is 7.63. The lowest BCUT2D eigenvalue weighted by Crippen LogP contribution is -2.14. The van der Waals surface area contributed by atoms with Crippen LogP contribution >= 0.6 is 0 Å². The summed E-state index contributed by atoms with van der Waals surface area (Å²) in [7, 11) is 0. The molecule has 0 heterocycles. The molecule has 1 N–H and O–H groups in total. The predicted molar refractivity (Wildman–Crippen MR) is 49.6 cm³/mol. The van der Waals surface area contributed by atoms with Crippen molar-refractivity contribution in [1.82, 2.24) is 0 Å². The van der Waals surface area contributed by atoms with Gasteiger partial charge in [-0.25, -0.2) is 4.39 Å². The summed E-state index contributed by atoms with van der Waals surface area (Å²) in [6.45, 7) is 3.20. The number of hydrogen-bond acceptors (Lipinski definition) is 1. The molecule has 0 atom stereocenters. The van der Waals surface area contributed by atoms with Gasteiger partial charge in [-0.2, -0.15) is 0 Å². The van der Waals surface area contributed by atoms with E-state index in [4.69, 9.17) is 0 Å². The summed E-state index contributed by atoms with van der Waals surface area (Å²) in [5, 5.41) is 9.29. The van der Waals surface area contributed by atoms with Crippen LogP contribution in [0.25, 0.3) is 0 Å². The van der Waals surface area contributed by atoms with E-state index in [2.05, 4.69) is 11.8 Å². The van der Waals surface area contributed by atoms with E-state index < -0.39 is 5.60 Å². The quantitative estimate of drug-likeness (QED) is 0.602. The fourth-order valence-corrected chi connectivity index (χ4v) is 0.758. The molecule has 0 aromatic heterocycles. The van der Waals surface area contributed by atoms with Crippen LogP contribution in [0.5, 0.6) is 0 Å². The Bertz CT molecular complexity index is 335. The molecule has 0 bridgehead atoms. The first-order valence-electron chi connectivity index (χ1n) is 3.98. The molecule has 13 heavy (non-hydrogen) atoms. The summed E-state index contributed by atoms with van der Waals surface area (Å²) in [6.07, 6.45) is 0.